The Morgan fingerprint density at radius 2 is 2.17 bits per heavy atom. The topological polar surface area (TPSA) is 35.5 Å². The fourth-order valence-corrected chi connectivity index (χ4v) is 1.19. The highest BCUT2D eigenvalue weighted by Gasteiger charge is 2.10. The second kappa shape index (κ2) is 4.93. The number of hydrogen-bond acceptors (Lipinski definition) is 3. The molecule has 0 spiro atoms. The Morgan fingerprint density at radius 3 is 2.75 bits per heavy atom. The van der Waals surface area contributed by atoms with Gasteiger partial charge in [-0.05, 0) is 18.8 Å². The van der Waals surface area contributed by atoms with E-state index in [1.807, 2.05) is 6.08 Å². The number of rotatable bonds is 2. The summed E-state index contributed by atoms with van der Waals surface area (Å²) in [5.41, 5.74) is 0. The summed E-state index contributed by atoms with van der Waals surface area (Å²) in [5, 5.41) is 0. The molecule has 1 rings (SSSR count). The molecule has 3 nitrogen and oxygen atoms in total. The van der Waals surface area contributed by atoms with E-state index < -0.39 is 0 Å². The average Bonchev–Trinajstić information content (AvgIpc) is 2.16. The summed E-state index contributed by atoms with van der Waals surface area (Å²) in [5.74, 6) is 0.208. The lowest BCUT2D eigenvalue weighted by Crippen LogP contribution is -2.13. The van der Waals surface area contributed by atoms with Crippen molar-refractivity contribution in [3.8, 4) is 0 Å². The van der Waals surface area contributed by atoms with Gasteiger partial charge < -0.3 is 9.47 Å². The normalized spacial score (nSPS) is 19.8. The highest BCUT2D eigenvalue weighted by Crippen LogP contribution is 2.15. The molecule has 1 aliphatic heterocycles. The molecule has 0 aromatic carbocycles. The molecule has 0 aromatic heterocycles. The van der Waals surface area contributed by atoms with E-state index in [-0.39, 0.29) is 5.97 Å². The zero-order valence-corrected chi connectivity index (χ0v) is 7.29. The number of methoxy groups -OCH3 is 1. The quantitative estimate of drug-likeness (QED) is 0.460. The van der Waals surface area contributed by atoms with Crippen LogP contribution in [0.4, 0.5) is 0 Å². The molecule has 0 aromatic rings. The summed E-state index contributed by atoms with van der Waals surface area (Å²) < 4.78 is 9.67. The Kier molecular flexibility index (Phi) is 3.80. The molecule has 68 valence electrons. The summed E-state index contributed by atoms with van der Waals surface area (Å²) >= 11 is 0. The molecule has 1 fully saturated rings. The van der Waals surface area contributed by atoms with Crippen molar-refractivity contribution in [1.82, 2.24) is 0 Å². The van der Waals surface area contributed by atoms with Gasteiger partial charge >= 0.3 is 5.97 Å². The van der Waals surface area contributed by atoms with Crippen LogP contribution in [0.2, 0.25) is 0 Å². The second-order valence-electron chi connectivity index (χ2n) is 2.83. The van der Waals surface area contributed by atoms with Gasteiger partial charge in [0.2, 0.25) is 0 Å². The number of carbonyl (C=O) groups excluding carboxylic acids is 1. The van der Waals surface area contributed by atoms with Crippen LogP contribution in [0.15, 0.2) is 12.2 Å². The van der Waals surface area contributed by atoms with E-state index in [0.717, 1.165) is 26.1 Å². The highest BCUT2D eigenvalue weighted by molar-refractivity contribution is 5.81. The molecule has 0 unspecified atom stereocenters. The lowest BCUT2D eigenvalue weighted by molar-refractivity contribution is -0.134. The Labute approximate surface area is 72.4 Å². The Hall–Kier alpha value is -0.830. The van der Waals surface area contributed by atoms with E-state index in [9.17, 15) is 4.79 Å². The lowest BCUT2D eigenvalue weighted by atomic mass is 10.00. The Balaban J connectivity index is 2.28. The van der Waals surface area contributed by atoms with Crippen LogP contribution in [0.1, 0.15) is 12.8 Å². The standard InChI is InChI=1S/C9H14O3/c1-11-9(10)3-2-8-4-6-12-7-5-8/h2-3,8H,4-7H2,1H3. The molecule has 0 saturated carbocycles. The van der Waals surface area contributed by atoms with Gasteiger partial charge in [0.25, 0.3) is 0 Å². The van der Waals surface area contributed by atoms with Crippen molar-refractivity contribution in [1.29, 1.82) is 0 Å². The molecule has 1 heterocycles. The smallest absolute Gasteiger partial charge is 0.330 e. The Bertz CT molecular complexity index is 169. The SMILES string of the molecule is COC(=O)C=CC1CCOCC1. The van der Waals surface area contributed by atoms with Crippen molar-refractivity contribution < 1.29 is 14.3 Å². The molecule has 0 N–H and O–H groups in total. The van der Waals surface area contributed by atoms with E-state index >= 15 is 0 Å². The van der Waals surface area contributed by atoms with Crippen molar-refractivity contribution in [2.45, 2.75) is 12.8 Å². The van der Waals surface area contributed by atoms with Crippen molar-refractivity contribution in [3.63, 3.8) is 0 Å². The first-order valence-electron chi connectivity index (χ1n) is 4.17. The zero-order valence-electron chi connectivity index (χ0n) is 7.29. The second-order valence-corrected chi connectivity index (χ2v) is 2.83. The molecule has 3 heteroatoms. The van der Waals surface area contributed by atoms with Gasteiger partial charge in [0.1, 0.15) is 0 Å². The minimum atomic E-state index is -0.276. The van der Waals surface area contributed by atoms with E-state index in [1.54, 1.807) is 0 Å². The molecular formula is C9H14O3. The number of hydrogen-bond donors (Lipinski definition) is 0. The van der Waals surface area contributed by atoms with Crippen molar-refractivity contribution in [3.05, 3.63) is 12.2 Å². The van der Waals surface area contributed by atoms with Crippen molar-refractivity contribution in [2.24, 2.45) is 5.92 Å². The van der Waals surface area contributed by atoms with Gasteiger partial charge in [0, 0.05) is 19.3 Å². The van der Waals surface area contributed by atoms with E-state index in [2.05, 4.69) is 4.74 Å². The van der Waals surface area contributed by atoms with Crippen LogP contribution in [-0.4, -0.2) is 26.3 Å². The molecule has 0 radical (unpaired) electrons. The lowest BCUT2D eigenvalue weighted by Gasteiger charge is -2.18. The van der Waals surface area contributed by atoms with Crippen LogP contribution in [0.25, 0.3) is 0 Å². The molecule has 1 saturated heterocycles. The predicted molar refractivity (Wildman–Crippen MR) is 44.7 cm³/mol. The summed E-state index contributed by atoms with van der Waals surface area (Å²) in [4.78, 5) is 10.7. The van der Waals surface area contributed by atoms with E-state index in [4.69, 9.17) is 4.74 Å². The van der Waals surface area contributed by atoms with Gasteiger partial charge in [-0.3, -0.25) is 0 Å². The molecule has 0 aliphatic carbocycles. The third-order valence-electron chi connectivity index (χ3n) is 1.97. The van der Waals surface area contributed by atoms with Crippen LogP contribution in [0.3, 0.4) is 0 Å². The number of ether oxygens (including phenoxy) is 2. The monoisotopic (exact) mass is 170 g/mol. The minimum absolute atomic E-state index is 0.276. The number of allylic oxidation sites excluding steroid dienone is 1. The largest absolute Gasteiger partial charge is 0.466 e. The Morgan fingerprint density at radius 1 is 1.50 bits per heavy atom. The molecule has 0 atom stereocenters. The fraction of sp³-hybridized carbons (Fsp3) is 0.667. The first-order valence-corrected chi connectivity index (χ1v) is 4.17. The summed E-state index contributed by atoms with van der Waals surface area (Å²) in [6, 6.07) is 0. The van der Waals surface area contributed by atoms with Crippen molar-refractivity contribution in [2.75, 3.05) is 20.3 Å². The van der Waals surface area contributed by atoms with Gasteiger partial charge in [-0.15, -0.1) is 0 Å². The van der Waals surface area contributed by atoms with Gasteiger partial charge in [-0.25, -0.2) is 4.79 Å². The van der Waals surface area contributed by atoms with Gasteiger partial charge in [0.05, 0.1) is 7.11 Å². The third kappa shape index (κ3) is 3.05. The first kappa shape index (κ1) is 9.26. The summed E-state index contributed by atoms with van der Waals surface area (Å²) in [6.07, 6.45) is 5.42. The molecular weight excluding hydrogens is 156 g/mol. The van der Waals surface area contributed by atoms with Crippen LogP contribution in [0.5, 0.6) is 0 Å². The predicted octanol–water partition coefficient (Wildman–Crippen LogP) is 1.14. The average molecular weight is 170 g/mol. The maximum atomic E-state index is 10.7. The van der Waals surface area contributed by atoms with Gasteiger partial charge in [0.15, 0.2) is 0 Å². The highest BCUT2D eigenvalue weighted by atomic mass is 16.5. The molecule has 1 aliphatic rings. The summed E-state index contributed by atoms with van der Waals surface area (Å²) in [6.45, 7) is 1.60. The third-order valence-corrected chi connectivity index (χ3v) is 1.97. The zero-order chi connectivity index (χ0) is 8.81. The number of carbonyl (C=O) groups is 1. The first-order chi connectivity index (χ1) is 5.83. The maximum absolute atomic E-state index is 10.7. The van der Waals surface area contributed by atoms with E-state index in [0.29, 0.717) is 5.92 Å². The van der Waals surface area contributed by atoms with Crippen LogP contribution >= 0.6 is 0 Å². The van der Waals surface area contributed by atoms with Crippen LogP contribution in [0, 0.1) is 5.92 Å². The maximum Gasteiger partial charge on any atom is 0.330 e. The molecule has 0 amide bonds. The van der Waals surface area contributed by atoms with Gasteiger partial charge in [-0.2, -0.15) is 0 Å². The number of esters is 1. The van der Waals surface area contributed by atoms with E-state index in [1.165, 1.54) is 13.2 Å². The fourth-order valence-electron chi connectivity index (χ4n) is 1.19. The van der Waals surface area contributed by atoms with Crippen LogP contribution < -0.4 is 0 Å². The summed E-state index contributed by atoms with van der Waals surface area (Å²) in [7, 11) is 1.39. The molecule has 12 heavy (non-hydrogen) atoms. The van der Waals surface area contributed by atoms with Crippen LogP contribution in [-0.2, 0) is 14.3 Å². The van der Waals surface area contributed by atoms with Crippen molar-refractivity contribution >= 4 is 5.97 Å². The molecule has 0 bridgehead atoms. The minimum Gasteiger partial charge on any atom is -0.466 e. The van der Waals surface area contributed by atoms with Gasteiger partial charge in [-0.1, -0.05) is 6.08 Å².